The van der Waals surface area contributed by atoms with E-state index in [0.29, 0.717) is 11.6 Å². The summed E-state index contributed by atoms with van der Waals surface area (Å²) >= 11 is 1.80. The molecule has 0 radical (unpaired) electrons. The van der Waals surface area contributed by atoms with Crippen LogP contribution in [0.4, 0.5) is 0 Å². The Bertz CT molecular complexity index is 2310. The number of rotatable bonds is 10. The highest BCUT2D eigenvalue weighted by molar-refractivity contribution is 7.18. The van der Waals surface area contributed by atoms with E-state index in [1.54, 1.807) is 30.6 Å². The van der Waals surface area contributed by atoms with Gasteiger partial charge in [-0.1, -0.05) is 78.9 Å². The summed E-state index contributed by atoms with van der Waals surface area (Å²) in [6.45, 7) is 4.37. The molecule has 9 nitrogen and oxygen atoms in total. The van der Waals surface area contributed by atoms with Crippen LogP contribution in [0.15, 0.2) is 121 Å². The van der Waals surface area contributed by atoms with Gasteiger partial charge in [-0.15, -0.1) is 11.3 Å². The van der Waals surface area contributed by atoms with Crippen LogP contribution in [0.5, 0.6) is 11.5 Å². The van der Waals surface area contributed by atoms with Gasteiger partial charge >= 0.3 is 0 Å². The van der Waals surface area contributed by atoms with E-state index in [9.17, 15) is 5.11 Å². The average Bonchev–Trinajstić information content (AvgIpc) is 3.90. The van der Waals surface area contributed by atoms with Gasteiger partial charge in [0.25, 0.3) is 0 Å². The number of fused-ring (bicyclic) bond motifs is 2. The topological polar surface area (TPSA) is 98.8 Å². The highest BCUT2D eigenvalue weighted by Crippen LogP contribution is 2.35. The van der Waals surface area contributed by atoms with Crippen molar-refractivity contribution in [3.8, 4) is 22.6 Å². The molecule has 0 spiro atoms. The molecule has 0 saturated carbocycles. The van der Waals surface area contributed by atoms with Crippen molar-refractivity contribution in [1.29, 1.82) is 0 Å². The minimum Gasteiger partial charge on any atom is -0.506 e. The second-order valence-electron chi connectivity index (χ2n) is 15.3. The van der Waals surface area contributed by atoms with Gasteiger partial charge < -0.3 is 34.7 Å². The predicted molar refractivity (Wildman–Crippen MR) is 231 cm³/mol. The summed E-state index contributed by atoms with van der Waals surface area (Å²) < 4.78 is 13.0. The van der Waals surface area contributed by atoms with Crippen LogP contribution in [-0.4, -0.2) is 89.4 Å². The Labute approximate surface area is 339 Å². The van der Waals surface area contributed by atoms with Crippen molar-refractivity contribution in [2.75, 3.05) is 47.4 Å². The van der Waals surface area contributed by atoms with Crippen LogP contribution in [0.2, 0.25) is 0 Å². The number of para-hydroxylation sites is 2. The van der Waals surface area contributed by atoms with Crippen LogP contribution in [-0.2, 0) is 4.74 Å². The van der Waals surface area contributed by atoms with Crippen molar-refractivity contribution < 1.29 is 14.6 Å². The fraction of sp³-hybridized carbons (Fsp3) is 0.319. The van der Waals surface area contributed by atoms with Crippen molar-refractivity contribution in [2.24, 2.45) is 0 Å². The number of ether oxygens (including phenoxy) is 2. The highest BCUT2D eigenvalue weighted by atomic mass is 32.1. The second kappa shape index (κ2) is 18.0. The number of H-pyrrole nitrogens is 1. The molecule has 3 N–H and O–H groups in total. The summed E-state index contributed by atoms with van der Waals surface area (Å²) in [5, 5.41) is 15.2. The highest BCUT2D eigenvalue weighted by Gasteiger charge is 2.27. The normalized spacial score (nSPS) is 17.0. The zero-order valence-corrected chi connectivity index (χ0v) is 33.8. The van der Waals surface area contributed by atoms with Crippen LogP contribution in [0.1, 0.15) is 59.8 Å². The molecule has 5 aromatic carbocycles. The first-order valence-corrected chi connectivity index (χ1v) is 20.8. The van der Waals surface area contributed by atoms with Gasteiger partial charge in [-0.25, -0.2) is 9.97 Å². The Kier molecular flexibility index (Phi) is 12.2. The second-order valence-corrected chi connectivity index (χ2v) is 16.3. The first-order valence-electron chi connectivity index (χ1n) is 20.0. The summed E-state index contributed by atoms with van der Waals surface area (Å²) in [7, 11) is 6.05. The Balaban J connectivity index is 0.000000165. The van der Waals surface area contributed by atoms with Crippen LogP contribution < -0.4 is 10.1 Å². The van der Waals surface area contributed by atoms with E-state index in [0.717, 1.165) is 85.0 Å². The van der Waals surface area contributed by atoms with E-state index in [4.69, 9.17) is 14.5 Å². The largest absolute Gasteiger partial charge is 0.506 e. The molecule has 9 rings (SSSR count). The third-order valence-corrected chi connectivity index (χ3v) is 12.3. The van der Waals surface area contributed by atoms with Gasteiger partial charge in [0.2, 0.25) is 0 Å². The lowest BCUT2D eigenvalue weighted by Crippen LogP contribution is -2.42. The number of thiazole rings is 1. The molecule has 2 unspecified atom stereocenters. The number of nitrogens with one attached hydrogen (secondary N) is 2. The quantitative estimate of drug-likeness (QED) is 0.126. The SMILES string of the molecule is CN1CCC(OC(c2ccccc2)c2nc3cccc(O)c3[nH]2)CC1.COc1ccc(-c2cccc(C(NC3CCN(C)CC3)c3nc4ccccc4s3)c2)cc1. The minimum absolute atomic E-state index is 0.0824. The fourth-order valence-electron chi connectivity index (χ4n) is 7.82. The maximum atomic E-state index is 10.1. The monoisotopic (exact) mass is 780 g/mol. The fourth-order valence-corrected chi connectivity index (χ4v) is 8.87. The predicted octanol–water partition coefficient (Wildman–Crippen LogP) is 9.21. The van der Waals surface area contributed by atoms with Crippen molar-refractivity contribution in [3.05, 3.63) is 143 Å². The van der Waals surface area contributed by atoms with Crippen LogP contribution in [0.25, 0.3) is 32.4 Å². The molecule has 7 aromatic rings. The number of phenolic OH excluding ortho intramolecular Hbond substituents is 1. The molecule has 2 aliphatic rings. The third-order valence-electron chi connectivity index (χ3n) is 11.2. The minimum atomic E-state index is -0.263. The van der Waals surface area contributed by atoms with E-state index < -0.39 is 0 Å². The molecular formula is C47H52N6O3S. The number of phenols is 1. The maximum absolute atomic E-state index is 10.1. The lowest BCUT2D eigenvalue weighted by Gasteiger charge is -2.32. The molecule has 0 aliphatic carbocycles. The van der Waals surface area contributed by atoms with E-state index in [1.165, 1.54) is 21.4 Å². The molecular weight excluding hydrogens is 729 g/mol. The van der Waals surface area contributed by atoms with Gasteiger partial charge in [-0.2, -0.15) is 0 Å². The molecule has 2 saturated heterocycles. The molecule has 2 aromatic heterocycles. The molecule has 2 aliphatic heterocycles. The molecule has 0 amide bonds. The van der Waals surface area contributed by atoms with Crippen molar-refractivity contribution in [3.63, 3.8) is 0 Å². The van der Waals surface area contributed by atoms with Crippen molar-refractivity contribution in [1.82, 2.24) is 30.1 Å². The van der Waals surface area contributed by atoms with Crippen LogP contribution >= 0.6 is 11.3 Å². The third kappa shape index (κ3) is 9.38. The number of aromatic amines is 1. The average molecular weight is 781 g/mol. The van der Waals surface area contributed by atoms with E-state index in [1.807, 2.05) is 36.4 Å². The lowest BCUT2D eigenvalue weighted by atomic mass is 9.97. The molecule has 2 fully saturated rings. The van der Waals surface area contributed by atoms with Gasteiger partial charge in [0.15, 0.2) is 0 Å². The summed E-state index contributed by atoms with van der Waals surface area (Å²) in [4.78, 5) is 17.7. The van der Waals surface area contributed by atoms with E-state index >= 15 is 0 Å². The van der Waals surface area contributed by atoms with E-state index in [-0.39, 0.29) is 24.0 Å². The Morgan fingerprint density at radius 2 is 1.39 bits per heavy atom. The van der Waals surface area contributed by atoms with Gasteiger partial charge in [-0.3, -0.25) is 0 Å². The van der Waals surface area contributed by atoms with E-state index in [2.05, 4.69) is 112 Å². The summed E-state index contributed by atoms with van der Waals surface area (Å²) in [6, 6.07) is 41.7. The Hall–Kier alpha value is -5.10. The number of aromatic hydroxyl groups is 1. The molecule has 294 valence electrons. The number of methoxy groups -OCH3 is 1. The van der Waals surface area contributed by atoms with Gasteiger partial charge in [0.1, 0.15) is 34.0 Å². The summed E-state index contributed by atoms with van der Waals surface area (Å²) in [6.07, 6.45) is 4.31. The number of benzene rings is 5. The number of imidazole rings is 1. The Morgan fingerprint density at radius 3 is 2.11 bits per heavy atom. The number of piperidine rings is 2. The number of likely N-dealkylation sites (tertiary alicyclic amines) is 2. The number of hydrogen-bond acceptors (Lipinski definition) is 9. The summed E-state index contributed by atoms with van der Waals surface area (Å²) in [5.41, 5.74) is 7.22. The first-order chi connectivity index (χ1) is 27.9. The van der Waals surface area contributed by atoms with Crippen molar-refractivity contribution >= 4 is 32.6 Å². The lowest BCUT2D eigenvalue weighted by molar-refractivity contribution is -0.0264. The molecule has 4 heterocycles. The van der Waals surface area contributed by atoms with Crippen molar-refractivity contribution in [2.45, 2.75) is 50.0 Å². The molecule has 2 atom stereocenters. The number of hydrogen-bond donors (Lipinski definition) is 3. The first kappa shape index (κ1) is 38.8. The smallest absolute Gasteiger partial charge is 0.141 e. The zero-order valence-electron chi connectivity index (χ0n) is 33.0. The molecule has 0 bridgehead atoms. The summed E-state index contributed by atoms with van der Waals surface area (Å²) in [5.74, 6) is 1.82. The number of aromatic nitrogens is 3. The molecule has 57 heavy (non-hydrogen) atoms. The maximum Gasteiger partial charge on any atom is 0.141 e. The zero-order chi connectivity index (χ0) is 39.1. The van der Waals surface area contributed by atoms with Gasteiger partial charge in [0.05, 0.1) is 35.0 Å². The Morgan fingerprint density at radius 1 is 0.719 bits per heavy atom. The van der Waals surface area contributed by atoms with Crippen LogP contribution in [0.3, 0.4) is 0 Å². The molecule has 10 heteroatoms. The standard InChI is InChI=1S/C27H29N3OS.C20H23N3O2/c1-30-16-14-22(15-17-30)28-26(27-29-24-8-3-4-9-25(24)32-27)21-7-5-6-20(18-21)19-10-12-23(31-2)13-11-19;1-23-12-10-15(11-13-23)25-19(14-6-3-2-4-7-14)20-21-16-8-5-9-17(24)18(16)22-20/h3-13,18,22,26,28H,14-17H2,1-2H3;2-9,15,19,24H,10-13H2,1H3,(H,21,22). The van der Waals surface area contributed by atoms with Crippen LogP contribution in [0, 0.1) is 0 Å². The van der Waals surface area contributed by atoms with Gasteiger partial charge in [0, 0.05) is 19.1 Å². The number of nitrogens with zero attached hydrogens (tertiary/aromatic N) is 4. The van der Waals surface area contributed by atoms with Gasteiger partial charge in [-0.05, 0) is 118 Å².